The van der Waals surface area contributed by atoms with Crippen molar-refractivity contribution < 1.29 is 9.90 Å². The van der Waals surface area contributed by atoms with Gasteiger partial charge < -0.3 is 5.11 Å². The first kappa shape index (κ1) is 15.0. The number of nitrogens with zero attached hydrogens (tertiary/aromatic N) is 2. The number of unbranched alkanes of at least 4 members (excludes halogenated alkanes) is 1. The standard InChI is InChI=1S/C16H24N2O2/c1-3-4-6-14(13-8-9-17-11-12(13)2)18-10-5-7-15(18)16(19)20/h8-9,11,14-15H,3-7,10H2,1-2H3,(H,19,20). The van der Waals surface area contributed by atoms with Crippen molar-refractivity contribution in [2.24, 2.45) is 0 Å². The van der Waals surface area contributed by atoms with Gasteiger partial charge in [0.05, 0.1) is 0 Å². The van der Waals surface area contributed by atoms with E-state index >= 15 is 0 Å². The minimum Gasteiger partial charge on any atom is -0.480 e. The van der Waals surface area contributed by atoms with Gasteiger partial charge in [-0.15, -0.1) is 0 Å². The van der Waals surface area contributed by atoms with Crippen LogP contribution < -0.4 is 0 Å². The second kappa shape index (κ2) is 6.84. The van der Waals surface area contributed by atoms with Gasteiger partial charge in [0.2, 0.25) is 0 Å². The molecule has 1 saturated heterocycles. The van der Waals surface area contributed by atoms with Crippen molar-refractivity contribution in [3.8, 4) is 0 Å². The number of hydrogen-bond donors (Lipinski definition) is 1. The zero-order chi connectivity index (χ0) is 14.5. The molecule has 2 unspecified atom stereocenters. The van der Waals surface area contributed by atoms with Crippen molar-refractivity contribution in [1.29, 1.82) is 0 Å². The molecular weight excluding hydrogens is 252 g/mol. The SMILES string of the molecule is CCCCC(c1ccncc1C)N1CCCC1C(=O)O. The first-order valence-corrected chi connectivity index (χ1v) is 7.54. The number of carboxylic acids is 1. The van der Waals surface area contributed by atoms with Crippen LogP contribution in [0.15, 0.2) is 18.5 Å². The molecule has 20 heavy (non-hydrogen) atoms. The summed E-state index contributed by atoms with van der Waals surface area (Å²) in [6, 6.07) is 1.93. The maximum absolute atomic E-state index is 11.5. The summed E-state index contributed by atoms with van der Waals surface area (Å²) in [6.45, 7) is 5.12. The summed E-state index contributed by atoms with van der Waals surface area (Å²) in [6.07, 6.45) is 8.70. The van der Waals surface area contributed by atoms with E-state index in [9.17, 15) is 9.90 Å². The van der Waals surface area contributed by atoms with E-state index in [2.05, 4.69) is 23.7 Å². The molecule has 1 N–H and O–H groups in total. The minimum absolute atomic E-state index is 0.210. The van der Waals surface area contributed by atoms with Crippen LogP contribution in [0.5, 0.6) is 0 Å². The summed E-state index contributed by atoms with van der Waals surface area (Å²) >= 11 is 0. The van der Waals surface area contributed by atoms with Gasteiger partial charge in [-0.25, -0.2) is 0 Å². The van der Waals surface area contributed by atoms with Crippen LogP contribution in [-0.4, -0.2) is 33.5 Å². The number of aryl methyl sites for hydroxylation is 1. The lowest BCUT2D eigenvalue weighted by Crippen LogP contribution is -2.39. The van der Waals surface area contributed by atoms with Crippen molar-refractivity contribution in [3.05, 3.63) is 29.6 Å². The maximum atomic E-state index is 11.5. The highest BCUT2D eigenvalue weighted by Gasteiger charge is 2.36. The number of aromatic nitrogens is 1. The van der Waals surface area contributed by atoms with Crippen molar-refractivity contribution in [1.82, 2.24) is 9.88 Å². The molecule has 0 saturated carbocycles. The summed E-state index contributed by atoms with van der Waals surface area (Å²) in [5, 5.41) is 9.42. The van der Waals surface area contributed by atoms with Crippen molar-refractivity contribution in [2.75, 3.05) is 6.54 Å². The summed E-state index contributed by atoms with van der Waals surface area (Å²) in [4.78, 5) is 17.8. The van der Waals surface area contributed by atoms with Gasteiger partial charge in [-0.1, -0.05) is 19.8 Å². The highest BCUT2D eigenvalue weighted by atomic mass is 16.4. The Bertz CT molecular complexity index is 462. The summed E-state index contributed by atoms with van der Waals surface area (Å²) < 4.78 is 0. The first-order valence-electron chi connectivity index (χ1n) is 7.54. The molecule has 110 valence electrons. The lowest BCUT2D eigenvalue weighted by Gasteiger charge is -2.32. The van der Waals surface area contributed by atoms with Gasteiger partial charge >= 0.3 is 5.97 Å². The fourth-order valence-corrected chi connectivity index (χ4v) is 3.18. The molecular formula is C16H24N2O2. The summed E-state index contributed by atoms with van der Waals surface area (Å²) in [5.74, 6) is -0.685. The Morgan fingerprint density at radius 1 is 1.60 bits per heavy atom. The molecule has 0 spiro atoms. The van der Waals surface area contributed by atoms with Crippen LogP contribution in [0.25, 0.3) is 0 Å². The fourth-order valence-electron chi connectivity index (χ4n) is 3.18. The highest BCUT2D eigenvalue weighted by molar-refractivity contribution is 5.73. The number of carboxylic acid groups (broad SMARTS) is 1. The average Bonchev–Trinajstić information content (AvgIpc) is 2.90. The van der Waals surface area contributed by atoms with Gasteiger partial charge in [-0.05, 0) is 49.9 Å². The monoisotopic (exact) mass is 276 g/mol. The van der Waals surface area contributed by atoms with Gasteiger partial charge in [0.25, 0.3) is 0 Å². The molecule has 1 aliphatic rings. The van der Waals surface area contributed by atoms with Gasteiger partial charge in [0.15, 0.2) is 0 Å². The predicted molar refractivity (Wildman–Crippen MR) is 78.6 cm³/mol. The molecule has 1 aliphatic heterocycles. The van der Waals surface area contributed by atoms with Crippen LogP contribution in [0.2, 0.25) is 0 Å². The molecule has 0 aliphatic carbocycles. The van der Waals surface area contributed by atoms with Crippen molar-refractivity contribution >= 4 is 5.97 Å². The van der Waals surface area contributed by atoms with Crippen LogP contribution in [0.1, 0.15) is 56.2 Å². The number of hydrogen-bond acceptors (Lipinski definition) is 3. The third-order valence-electron chi connectivity index (χ3n) is 4.23. The van der Waals surface area contributed by atoms with Crippen LogP contribution in [0.3, 0.4) is 0 Å². The van der Waals surface area contributed by atoms with E-state index < -0.39 is 5.97 Å². The van der Waals surface area contributed by atoms with Crippen LogP contribution in [-0.2, 0) is 4.79 Å². The third-order valence-corrected chi connectivity index (χ3v) is 4.23. The van der Waals surface area contributed by atoms with E-state index in [1.165, 1.54) is 5.56 Å². The Morgan fingerprint density at radius 3 is 3.05 bits per heavy atom. The van der Waals surface area contributed by atoms with Gasteiger partial charge in [-0.3, -0.25) is 14.7 Å². The zero-order valence-corrected chi connectivity index (χ0v) is 12.4. The van der Waals surface area contributed by atoms with E-state index in [-0.39, 0.29) is 12.1 Å². The molecule has 0 bridgehead atoms. The second-order valence-electron chi connectivity index (χ2n) is 5.62. The summed E-state index contributed by atoms with van der Waals surface area (Å²) in [5.41, 5.74) is 2.39. The number of pyridine rings is 1. The van der Waals surface area contributed by atoms with E-state index in [0.29, 0.717) is 0 Å². The van der Waals surface area contributed by atoms with Gasteiger partial charge in [-0.2, -0.15) is 0 Å². The molecule has 2 heterocycles. The lowest BCUT2D eigenvalue weighted by molar-refractivity contribution is -0.143. The summed E-state index contributed by atoms with van der Waals surface area (Å²) in [7, 11) is 0. The first-order chi connectivity index (χ1) is 9.65. The number of likely N-dealkylation sites (tertiary alicyclic amines) is 1. The van der Waals surface area contributed by atoms with Gasteiger partial charge in [0.1, 0.15) is 6.04 Å². The fraction of sp³-hybridized carbons (Fsp3) is 0.625. The Morgan fingerprint density at radius 2 is 2.40 bits per heavy atom. The molecule has 0 radical (unpaired) electrons. The smallest absolute Gasteiger partial charge is 0.320 e. The van der Waals surface area contributed by atoms with Crippen LogP contribution in [0.4, 0.5) is 0 Å². The zero-order valence-electron chi connectivity index (χ0n) is 12.4. The molecule has 1 aromatic rings. The Hall–Kier alpha value is -1.42. The normalized spacial score (nSPS) is 21.0. The number of rotatable bonds is 6. The van der Waals surface area contributed by atoms with E-state index in [0.717, 1.165) is 44.2 Å². The highest BCUT2D eigenvalue weighted by Crippen LogP contribution is 2.34. The van der Waals surface area contributed by atoms with Gasteiger partial charge in [0, 0.05) is 18.4 Å². The molecule has 1 aromatic heterocycles. The van der Waals surface area contributed by atoms with Crippen molar-refractivity contribution in [2.45, 2.75) is 58.0 Å². The second-order valence-corrected chi connectivity index (χ2v) is 5.62. The predicted octanol–water partition coefficient (Wildman–Crippen LogP) is 3.17. The molecule has 2 atom stereocenters. The third kappa shape index (κ3) is 3.18. The van der Waals surface area contributed by atoms with E-state index in [4.69, 9.17) is 0 Å². The van der Waals surface area contributed by atoms with Crippen molar-refractivity contribution in [3.63, 3.8) is 0 Å². The molecule has 0 amide bonds. The molecule has 0 aromatic carbocycles. The largest absolute Gasteiger partial charge is 0.480 e. The van der Waals surface area contributed by atoms with E-state index in [1.807, 2.05) is 18.5 Å². The lowest BCUT2D eigenvalue weighted by atomic mass is 9.96. The Labute approximate surface area is 120 Å². The van der Waals surface area contributed by atoms with Crippen LogP contribution >= 0.6 is 0 Å². The Kier molecular flexibility index (Phi) is 5.12. The molecule has 4 heteroatoms. The molecule has 4 nitrogen and oxygen atoms in total. The quantitative estimate of drug-likeness (QED) is 0.867. The number of carbonyl (C=O) groups is 1. The number of aliphatic carboxylic acids is 1. The minimum atomic E-state index is -0.685. The Balaban J connectivity index is 2.27. The maximum Gasteiger partial charge on any atom is 0.320 e. The average molecular weight is 276 g/mol. The molecule has 2 rings (SSSR count). The molecule has 1 fully saturated rings. The van der Waals surface area contributed by atoms with E-state index in [1.54, 1.807) is 0 Å². The topological polar surface area (TPSA) is 53.4 Å². The van der Waals surface area contributed by atoms with Crippen LogP contribution in [0, 0.1) is 6.92 Å².